The van der Waals surface area contributed by atoms with Gasteiger partial charge in [0.05, 0.1) is 22.6 Å². The van der Waals surface area contributed by atoms with E-state index in [9.17, 15) is 23.2 Å². The quantitative estimate of drug-likeness (QED) is 0.387. The van der Waals surface area contributed by atoms with Crippen LogP contribution in [-0.2, 0) is 0 Å². The fraction of sp³-hybridized carbons (Fsp3) is 0.217. The lowest BCUT2D eigenvalue weighted by Crippen LogP contribution is -2.18. The van der Waals surface area contributed by atoms with Crippen LogP contribution in [0.1, 0.15) is 44.2 Å². The topological polar surface area (TPSA) is 107 Å². The predicted molar refractivity (Wildman–Crippen MR) is 124 cm³/mol. The third-order valence-corrected chi connectivity index (χ3v) is 5.10. The van der Waals surface area contributed by atoms with Gasteiger partial charge in [-0.15, -0.1) is 0 Å². The van der Waals surface area contributed by atoms with Crippen LogP contribution in [-0.4, -0.2) is 53.1 Å². The first-order chi connectivity index (χ1) is 16.2. The number of H-pyrrole nitrogens is 1. The SMILES string of the molecule is CN(C)CCCC(=O)c1nc[nH]c1C(=O)Nc1ccc(NC(=O)c2ccc(F)cc2Cl)c(F)c1. The number of amides is 2. The molecule has 0 atom stereocenters. The van der Waals surface area contributed by atoms with E-state index in [1.165, 1.54) is 24.5 Å². The Labute approximate surface area is 199 Å². The highest BCUT2D eigenvalue weighted by Crippen LogP contribution is 2.23. The molecule has 34 heavy (non-hydrogen) atoms. The van der Waals surface area contributed by atoms with Crippen molar-refractivity contribution in [2.75, 3.05) is 31.3 Å². The van der Waals surface area contributed by atoms with Crippen LogP contribution in [0.2, 0.25) is 5.02 Å². The zero-order valence-corrected chi connectivity index (χ0v) is 19.2. The zero-order valence-electron chi connectivity index (χ0n) is 18.4. The van der Waals surface area contributed by atoms with Crippen LogP contribution in [0, 0.1) is 11.6 Å². The van der Waals surface area contributed by atoms with E-state index in [0.717, 1.165) is 18.2 Å². The van der Waals surface area contributed by atoms with Crippen LogP contribution in [0.15, 0.2) is 42.7 Å². The average Bonchev–Trinajstić information content (AvgIpc) is 3.25. The second-order valence-electron chi connectivity index (χ2n) is 7.68. The number of hydrogen-bond donors (Lipinski definition) is 3. The number of carbonyl (C=O) groups excluding carboxylic acids is 3. The Kier molecular flexibility index (Phi) is 8.08. The van der Waals surface area contributed by atoms with E-state index in [0.29, 0.717) is 13.0 Å². The summed E-state index contributed by atoms with van der Waals surface area (Å²) in [6, 6.07) is 6.85. The van der Waals surface area contributed by atoms with E-state index in [1.807, 2.05) is 19.0 Å². The zero-order chi connectivity index (χ0) is 24.8. The summed E-state index contributed by atoms with van der Waals surface area (Å²) in [5.74, 6) is -3.10. The van der Waals surface area contributed by atoms with E-state index in [-0.39, 0.29) is 45.6 Å². The van der Waals surface area contributed by atoms with Gasteiger partial charge in [0.25, 0.3) is 11.8 Å². The number of anilines is 2. The Morgan fingerprint density at radius 3 is 2.50 bits per heavy atom. The van der Waals surface area contributed by atoms with Crippen molar-refractivity contribution in [1.82, 2.24) is 14.9 Å². The van der Waals surface area contributed by atoms with Crippen LogP contribution in [0.25, 0.3) is 0 Å². The van der Waals surface area contributed by atoms with Gasteiger partial charge in [-0.05, 0) is 63.5 Å². The largest absolute Gasteiger partial charge is 0.340 e. The number of Topliss-reactive ketones (excluding diaryl/α,β-unsaturated/α-hetero) is 1. The van der Waals surface area contributed by atoms with Gasteiger partial charge in [-0.2, -0.15) is 0 Å². The van der Waals surface area contributed by atoms with Crippen molar-refractivity contribution in [3.05, 3.63) is 76.3 Å². The molecule has 0 radical (unpaired) electrons. The van der Waals surface area contributed by atoms with E-state index in [2.05, 4.69) is 20.6 Å². The van der Waals surface area contributed by atoms with Gasteiger partial charge in [0.1, 0.15) is 23.0 Å². The van der Waals surface area contributed by atoms with Gasteiger partial charge in [0.2, 0.25) is 0 Å². The van der Waals surface area contributed by atoms with Gasteiger partial charge in [-0.1, -0.05) is 11.6 Å². The molecule has 0 saturated carbocycles. The molecule has 3 N–H and O–H groups in total. The van der Waals surface area contributed by atoms with Gasteiger partial charge in [0, 0.05) is 12.1 Å². The summed E-state index contributed by atoms with van der Waals surface area (Å²) in [4.78, 5) is 45.9. The van der Waals surface area contributed by atoms with Crippen molar-refractivity contribution >= 4 is 40.6 Å². The fourth-order valence-electron chi connectivity index (χ4n) is 3.10. The maximum atomic E-state index is 14.6. The molecule has 0 aliphatic carbocycles. The highest BCUT2D eigenvalue weighted by Gasteiger charge is 2.21. The molecule has 0 bridgehead atoms. The summed E-state index contributed by atoms with van der Waals surface area (Å²) in [6.45, 7) is 0.715. The summed E-state index contributed by atoms with van der Waals surface area (Å²) in [5.41, 5.74) is -0.111. The number of benzene rings is 2. The lowest BCUT2D eigenvalue weighted by atomic mass is 10.1. The van der Waals surface area contributed by atoms with Crippen LogP contribution in [0.4, 0.5) is 20.2 Å². The molecular formula is C23H22ClF2N5O3. The second kappa shape index (κ2) is 11.0. The van der Waals surface area contributed by atoms with Crippen LogP contribution < -0.4 is 10.6 Å². The molecule has 1 aromatic heterocycles. The van der Waals surface area contributed by atoms with Gasteiger partial charge >= 0.3 is 0 Å². The standard InChI is InChI=1S/C23H22ClF2N5O3/c1-31(2)9-3-4-19(32)20-21(28-12-27-20)23(34)29-14-6-8-18(17(26)11-14)30-22(33)15-7-5-13(25)10-16(15)24/h5-8,10-12H,3-4,9H2,1-2H3,(H,27,28)(H,29,34)(H,30,33). The highest BCUT2D eigenvalue weighted by molar-refractivity contribution is 6.34. The molecule has 0 saturated heterocycles. The number of ketones is 1. The molecular weight excluding hydrogens is 468 g/mol. The molecule has 0 aliphatic heterocycles. The summed E-state index contributed by atoms with van der Waals surface area (Å²) in [7, 11) is 3.79. The van der Waals surface area contributed by atoms with Crippen molar-refractivity contribution in [2.45, 2.75) is 12.8 Å². The van der Waals surface area contributed by atoms with Crippen LogP contribution in [0.3, 0.4) is 0 Å². The average molecular weight is 490 g/mol. The normalized spacial score (nSPS) is 10.9. The Morgan fingerprint density at radius 2 is 1.82 bits per heavy atom. The molecule has 1 heterocycles. The molecule has 3 aromatic rings. The minimum Gasteiger partial charge on any atom is -0.340 e. The number of aromatic amines is 1. The predicted octanol–water partition coefficient (Wildman–Crippen LogP) is 4.37. The Bertz CT molecular complexity index is 1230. The van der Waals surface area contributed by atoms with Gasteiger partial charge in [0.15, 0.2) is 5.78 Å². The molecule has 0 spiro atoms. The highest BCUT2D eigenvalue weighted by atomic mass is 35.5. The van der Waals surface area contributed by atoms with Gasteiger partial charge in [-0.25, -0.2) is 13.8 Å². The van der Waals surface area contributed by atoms with E-state index in [4.69, 9.17) is 11.6 Å². The van der Waals surface area contributed by atoms with E-state index < -0.39 is 23.4 Å². The molecule has 8 nitrogen and oxygen atoms in total. The summed E-state index contributed by atoms with van der Waals surface area (Å²) in [5, 5.41) is 4.73. The maximum absolute atomic E-state index is 14.6. The lowest BCUT2D eigenvalue weighted by Gasteiger charge is -2.10. The molecule has 0 unspecified atom stereocenters. The van der Waals surface area contributed by atoms with Crippen molar-refractivity contribution in [3.8, 4) is 0 Å². The molecule has 2 amide bonds. The first-order valence-corrected chi connectivity index (χ1v) is 10.6. The van der Waals surface area contributed by atoms with Crippen molar-refractivity contribution in [2.24, 2.45) is 0 Å². The number of nitrogens with one attached hydrogen (secondary N) is 3. The molecule has 2 aromatic carbocycles. The number of hydrogen-bond acceptors (Lipinski definition) is 5. The number of halogens is 3. The van der Waals surface area contributed by atoms with Gasteiger partial charge in [-0.3, -0.25) is 14.4 Å². The van der Waals surface area contributed by atoms with Gasteiger partial charge < -0.3 is 20.5 Å². The van der Waals surface area contributed by atoms with E-state index >= 15 is 0 Å². The Hall–Kier alpha value is -3.63. The third kappa shape index (κ3) is 6.24. The summed E-state index contributed by atoms with van der Waals surface area (Å²) in [6.07, 6.45) is 2.08. The van der Waals surface area contributed by atoms with Crippen molar-refractivity contribution < 1.29 is 23.2 Å². The number of nitrogens with zero attached hydrogens (tertiary/aromatic N) is 2. The Morgan fingerprint density at radius 1 is 1.06 bits per heavy atom. The van der Waals surface area contributed by atoms with E-state index in [1.54, 1.807) is 0 Å². The molecule has 0 aliphatic rings. The Balaban J connectivity index is 1.67. The van der Waals surface area contributed by atoms with Crippen LogP contribution >= 0.6 is 11.6 Å². The molecule has 3 rings (SSSR count). The number of rotatable bonds is 9. The second-order valence-corrected chi connectivity index (χ2v) is 8.09. The molecule has 178 valence electrons. The van der Waals surface area contributed by atoms with Crippen molar-refractivity contribution in [1.29, 1.82) is 0 Å². The lowest BCUT2D eigenvalue weighted by molar-refractivity contribution is 0.0955. The fourth-order valence-corrected chi connectivity index (χ4v) is 3.36. The monoisotopic (exact) mass is 489 g/mol. The number of imidazole rings is 1. The first kappa shape index (κ1) is 25.0. The van der Waals surface area contributed by atoms with Crippen LogP contribution in [0.5, 0.6) is 0 Å². The smallest absolute Gasteiger partial charge is 0.274 e. The summed E-state index contributed by atoms with van der Waals surface area (Å²) < 4.78 is 27.7. The molecule has 0 fully saturated rings. The summed E-state index contributed by atoms with van der Waals surface area (Å²) >= 11 is 5.86. The minimum atomic E-state index is -0.825. The molecule has 11 heteroatoms. The maximum Gasteiger partial charge on any atom is 0.274 e. The minimum absolute atomic E-state index is 0.0109. The number of aromatic nitrogens is 2. The van der Waals surface area contributed by atoms with Crippen molar-refractivity contribution in [3.63, 3.8) is 0 Å². The first-order valence-electron chi connectivity index (χ1n) is 10.2. The third-order valence-electron chi connectivity index (χ3n) is 4.79. The number of carbonyl (C=O) groups is 3.